The van der Waals surface area contributed by atoms with E-state index in [1.807, 2.05) is 24.9 Å². The van der Waals surface area contributed by atoms with Crippen LogP contribution < -0.4 is 10.2 Å². The zero-order chi connectivity index (χ0) is 25.2. The summed E-state index contributed by atoms with van der Waals surface area (Å²) in [7, 11) is 1.86. The van der Waals surface area contributed by atoms with Gasteiger partial charge >= 0.3 is 0 Å². The molecule has 5 rings (SSSR count). The predicted molar refractivity (Wildman–Crippen MR) is 152 cm³/mol. The molecule has 0 bridgehead atoms. The predicted octanol–water partition coefficient (Wildman–Crippen LogP) is 5.68. The lowest BCUT2D eigenvalue weighted by Gasteiger charge is -2.28. The average molecular weight is 546 g/mol. The minimum absolute atomic E-state index is 0. The number of rotatable bonds is 6. The third kappa shape index (κ3) is 6.18. The van der Waals surface area contributed by atoms with E-state index in [9.17, 15) is 13.6 Å². The van der Waals surface area contributed by atoms with Gasteiger partial charge in [-0.25, -0.2) is 13.8 Å². The van der Waals surface area contributed by atoms with Crippen LogP contribution in [0.4, 0.5) is 20.3 Å². The Balaban J connectivity index is 0.00000200. The summed E-state index contributed by atoms with van der Waals surface area (Å²) in [4.78, 5) is 27.0. The van der Waals surface area contributed by atoms with Gasteiger partial charge < -0.3 is 19.9 Å². The van der Waals surface area contributed by atoms with E-state index in [4.69, 9.17) is 9.72 Å². The summed E-state index contributed by atoms with van der Waals surface area (Å²) in [5.74, 6) is -1.13. The lowest BCUT2D eigenvalue weighted by atomic mass is 10.0. The Morgan fingerprint density at radius 2 is 1.84 bits per heavy atom. The lowest BCUT2D eigenvalue weighted by molar-refractivity contribution is 0.0735. The molecule has 1 unspecified atom stereocenters. The number of aromatic nitrogens is 2. The Hall–Kier alpha value is -2.98. The van der Waals surface area contributed by atoms with E-state index in [1.165, 1.54) is 6.07 Å². The van der Waals surface area contributed by atoms with Crippen molar-refractivity contribution in [2.45, 2.75) is 52.1 Å². The molecule has 2 heterocycles. The number of carbonyl (C=O) groups excluding carboxylic acids is 1. The molecule has 3 aromatic rings. The molecule has 1 atom stereocenters. The third-order valence-corrected chi connectivity index (χ3v) is 7.21. The summed E-state index contributed by atoms with van der Waals surface area (Å²) in [5, 5.41) is 3.23. The highest BCUT2D eigenvalue weighted by Crippen LogP contribution is 2.30. The van der Waals surface area contributed by atoms with Gasteiger partial charge in [-0.2, -0.15) is 13.5 Å². The molecule has 2 aromatic carbocycles. The molecule has 1 aliphatic heterocycles. The van der Waals surface area contributed by atoms with Gasteiger partial charge in [0, 0.05) is 49.1 Å². The minimum atomic E-state index is -0.923. The molecule has 1 aromatic heterocycles. The second-order valence-corrected chi connectivity index (χ2v) is 9.61. The first kappa shape index (κ1) is 29.6. The highest BCUT2D eigenvalue weighted by molar-refractivity contribution is 7.59. The number of ether oxygens (including phenoxy) is 1. The second-order valence-electron chi connectivity index (χ2n) is 9.61. The standard InChI is InChI=1S/C27H31F2N5O2.CH4.H2S/c1-17(31-19-7-8-22(28)23(29)15-19)21-13-18(27(35)33(2)20-5-3-4-6-20)14-24-26(21)32-25(16-30-24)34-9-11-36-12-10-34;;/h7-8,13-17,20,31H,3-6,9-12H2,1-2H3;1H4;1H2. The van der Waals surface area contributed by atoms with Crippen LogP contribution in [0.25, 0.3) is 11.0 Å². The molecule has 1 aliphatic carbocycles. The molecule has 1 saturated carbocycles. The molecule has 1 saturated heterocycles. The van der Waals surface area contributed by atoms with Gasteiger partial charge in [-0.05, 0) is 44.0 Å². The first-order chi connectivity index (χ1) is 17.4. The van der Waals surface area contributed by atoms with E-state index in [0.717, 1.165) is 62.3 Å². The van der Waals surface area contributed by atoms with E-state index in [0.29, 0.717) is 35.5 Å². The highest BCUT2D eigenvalue weighted by atomic mass is 32.1. The monoisotopic (exact) mass is 545 g/mol. The minimum Gasteiger partial charge on any atom is -0.378 e. The SMILES string of the molecule is C.CC(Nc1ccc(F)c(F)c1)c1cc(C(=O)N(C)C2CCCC2)cc2ncc(N3CCOCC3)nc12.S. The first-order valence-electron chi connectivity index (χ1n) is 12.5. The Bertz CT molecular complexity index is 1270. The molecule has 2 fully saturated rings. The van der Waals surface area contributed by atoms with Crippen molar-refractivity contribution in [2.24, 2.45) is 0 Å². The van der Waals surface area contributed by atoms with E-state index in [-0.39, 0.29) is 38.9 Å². The van der Waals surface area contributed by atoms with Gasteiger partial charge in [0.1, 0.15) is 5.82 Å². The Labute approximate surface area is 230 Å². The molecular weight excluding hydrogens is 508 g/mol. The summed E-state index contributed by atoms with van der Waals surface area (Å²) in [6, 6.07) is 7.25. The molecular formula is C28H37F2N5O2S. The number of amides is 1. The van der Waals surface area contributed by atoms with E-state index in [1.54, 1.807) is 12.3 Å². The normalized spacial score (nSPS) is 16.5. The van der Waals surface area contributed by atoms with Crippen LogP contribution in [-0.4, -0.2) is 60.2 Å². The largest absolute Gasteiger partial charge is 0.378 e. The lowest BCUT2D eigenvalue weighted by Crippen LogP contribution is -2.37. The van der Waals surface area contributed by atoms with Gasteiger partial charge in [0.15, 0.2) is 11.6 Å². The molecule has 38 heavy (non-hydrogen) atoms. The second kappa shape index (κ2) is 12.7. The number of benzene rings is 2. The number of anilines is 2. The first-order valence-corrected chi connectivity index (χ1v) is 12.5. The van der Waals surface area contributed by atoms with Gasteiger partial charge in [0.05, 0.1) is 36.5 Å². The summed E-state index contributed by atoms with van der Waals surface area (Å²) < 4.78 is 32.8. The maximum absolute atomic E-state index is 13.8. The fraction of sp³-hybridized carbons (Fsp3) is 0.464. The van der Waals surface area contributed by atoms with Crippen LogP contribution in [0.1, 0.15) is 62.0 Å². The smallest absolute Gasteiger partial charge is 0.253 e. The van der Waals surface area contributed by atoms with Gasteiger partial charge in [-0.1, -0.05) is 20.3 Å². The zero-order valence-electron chi connectivity index (χ0n) is 21.1. The van der Waals surface area contributed by atoms with Crippen LogP contribution in [0, 0.1) is 11.6 Å². The maximum atomic E-state index is 13.8. The molecule has 7 nitrogen and oxygen atoms in total. The number of hydrogen-bond acceptors (Lipinski definition) is 6. The van der Waals surface area contributed by atoms with Gasteiger partial charge in [0.25, 0.3) is 5.91 Å². The van der Waals surface area contributed by atoms with Gasteiger partial charge in [0.2, 0.25) is 0 Å². The summed E-state index contributed by atoms with van der Waals surface area (Å²) >= 11 is 0. The van der Waals surface area contributed by atoms with Crippen molar-refractivity contribution in [3.05, 3.63) is 59.3 Å². The fourth-order valence-corrected chi connectivity index (χ4v) is 5.11. The number of halogens is 2. The van der Waals surface area contributed by atoms with Gasteiger partial charge in [-0.3, -0.25) is 9.78 Å². The highest BCUT2D eigenvalue weighted by Gasteiger charge is 2.26. The molecule has 206 valence electrons. The number of carbonyl (C=O) groups is 1. The van der Waals surface area contributed by atoms with Crippen LogP contribution in [0.2, 0.25) is 0 Å². The van der Waals surface area contributed by atoms with Crippen molar-refractivity contribution in [1.29, 1.82) is 0 Å². The maximum Gasteiger partial charge on any atom is 0.253 e. The van der Waals surface area contributed by atoms with Crippen LogP contribution >= 0.6 is 13.5 Å². The summed E-state index contributed by atoms with van der Waals surface area (Å²) in [6.07, 6.45) is 6.03. The number of nitrogens with one attached hydrogen (secondary N) is 1. The van der Waals surface area contributed by atoms with Gasteiger partial charge in [-0.15, -0.1) is 0 Å². The Kier molecular flexibility index (Phi) is 9.89. The molecule has 0 radical (unpaired) electrons. The van der Waals surface area contributed by atoms with Crippen molar-refractivity contribution < 1.29 is 18.3 Å². The third-order valence-electron chi connectivity index (χ3n) is 7.21. The van der Waals surface area contributed by atoms with E-state index >= 15 is 0 Å². The van der Waals surface area contributed by atoms with E-state index < -0.39 is 11.6 Å². The van der Waals surface area contributed by atoms with Crippen molar-refractivity contribution in [3.63, 3.8) is 0 Å². The van der Waals surface area contributed by atoms with Crippen molar-refractivity contribution >= 4 is 41.9 Å². The average Bonchev–Trinajstić information content (AvgIpc) is 3.44. The summed E-state index contributed by atoms with van der Waals surface area (Å²) in [5.41, 5.74) is 3.03. The van der Waals surface area contributed by atoms with Crippen LogP contribution in [0.5, 0.6) is 0 Å². The quantitative estimate of drug-likeness (QED) is 0.430. The molecule has 0 spiro atoms. The molecule has 1 amide bonds. The zero-order valence-corrected chi connectivity index (χ0v) is 22.1. The molecule has 2 aliphatic rings. The summed E-state index contributed by atoms with van der Waals surface area (Å²) in [6.45, 7) is 4.61. The number of morpholine rings is 1. The van der Waals surface area contributed by atoms with E-state index in [2.05, 4.69) is 15.2 Å². The van der Waals surface area contributed by atoms with Crippen molar-refractivity contribution in [2.75, 3.05) is 43.6 Å². The van der Waals surface area contributed by atoms with Crippen LogP contribution in [0.3, 0.4) is 0 Å². The number of nitrogens with zero attached hydrogens (tertiary/aromatic N) is 4. The number of hydrogen-bond donors (Lipinski definition) is 1. The fourth-order valence-electron chi connectivity index (χ4n) is 5.11. The molecule has 1 N–H and O–H groups in total. The Morgan fingerprint density at radius 3 is 2.53 bits per heavy atom. The number of fused-ring (bicyclic) bond motifs is 1. The molecule has 10 heteroatoms. The van der Waals surface area contributed by atoms with Crippen LogP contribution in [-0.2, 0) is 4.74 Å². The van der Waals surface area contributed by atoms with Crippen molar-refractivity contribution in [1.82, 2.24) is 14.9 Å². The van der Waals surface area contributed by atoms with Crippen molar-refractivity contribution in [3.8, 4) is 0 Å². The van der Waals surface area contributed by atoms with Crippen LogP contribution in [0.15, 0.2) is 36.5 Å². The Morgan fingerprint density at radius 1 is 1.13 bits per heavy atom. The topological polar surface area (TPSA) is 70.6 Å².